The molecule has 1 N–H and O–H groups in total. The lowest BCUT2D eigenvalue weighted by Crippen LogP contribution is -2.36. The number of hydrogen-bond donors (Lipinski definition) is 1. The third-order valence-corrected chi connectivity index (χ3v) is 4.68. The summed E-state index contributed by atoms with van der Waals surface area (Å²) in [5.41, 5.74) is 3.82. The van der Waals surface area contributed by atoms with Gasteiger partial charge in [-0.2, -0.15) is 11.8 Å². The van der Waals surface area contributed by atoms with Gasteiger partial charge in [-0.3, -0.25) is 4.90 Å². The highest BCUT2D eigenvalue weighted by molar-refractivity contribution is 7.98. The lowest BCUT2D eigenvalue weighted by Gasteiger charge is -2.34. The summed E-state index contributed by atoms with van der Waals surface area (Å²) in [7, 11) is 2.06. The topological polar surface area (TPSA) is 49.7 Å². The van der Waals surface area contributed by atoms with Crippen LogP contribution in [0.1, 0.15) is 29.5 Å². The van der Waals surface area contributed by atoms with Gasteiger partial charge in [0.25, 0.3) is 0 Å². The molecule has 0 fully saturated rings. The number of aromatic nitrogens is 4. The van der Waals surface area contributed by atoms with Crippen molar-refractivity contribution in [3.63, 3.8) is 0 Å². The first-order valence-corrected chi connectivity index (χ1v) is 8.39. The molecule has 0 bridgehead atoms. The fourth-order valence-corrected chi connectivity index (χ4v) is 3.35. The van der Waals surface area contributed by atoms with E-state index in [0.717, 1.165) is 25.9 Å². The summed E-state index contributed by atoms with van der Waals surface area (Å²) < 4.78 is 2.10. The SMILES string of the molecule is CSCC[C@@H]1c2nc[nH]c2CCN1Cc1cncn1C. The predicted molar refractivity (Wildman–Crippen MR) is 81.6 cm³/mol. The van der Waals surface area contributed by atoms with Crippen molar-refractivity contribution >= 4 is 11.8 Å². The van der Waals surface area contributed by atoms with Crippen LogP contribution >= 0.6 is 11.8 Å². The minimum absolute atomic E-state index is 0.423. The fraction of sp³-hybridized carbons (Fsp3) is 0.571. The summed E-state index contributed by atoms with van der Waals surface area (Å²) in [5.74, 6) is 1.17. The van der Waals surface area contributed by atoms with E-state index >= 15 is 0 Å². The van der Waals surface area contributed by atoms with E-state index in [9.17, 15) is 0 Å². The second-order valence-corrected chi connectivity index (χ2v) is 6.27. The van der Waals surface area contributed by atoms with Crippen molar-refractivity contribution in [2.75, 3.05) is 18.6 Å². The molecule has 0 aliphatic carbocycles. The Morgan fingerprint density at radius 1 is 1.50 bits per heavy atom. The van der Waals surface area contributed by atoms with E-state index < -0.39 is 0 Å². The third-order valence-electron chi connectivity index (χ3n) is 4.03. The summed E-state index contributed by atoms with van der Waals surface area (Å²) in [4.78, 5) is 14.6. The van der Waals surface area contributed by atoms with E-state index in [2.05, 4.69) is 37.7 Å². The summed E-state index contributed by atoms with van der Waals surface area (Å²) in [6, 6.07) is 0.423. The molecule has 108 valence electrons. The van der Waals surface area contributed by atoms with Crippen molar-refractivity contribution < 1.29 is 0 Å². The van der Waals surface area contributed by atoms with Gasteiger partial charge in [0.05, 0.1) is 30.1 Å². The number of nitrogens with one attached hydrogen (secondary N) is 1. The Labute approximate surface area is 123 Å². The van der Waals surface area contributed by atoms with Gasteiger partial charge in [0, 0.05) is 38.4 Å². The molecule has 2 aromatic heterocycles. The number of fused-ring (bicyclic) bond motifs is 1. The molecule has 1 aliphatic heterocycles. The Hall–Kier alpha value is -1.27. The average molecular weight is 291 g/mol. The molecule has 2 aromatic rings. The Morgan fingerprint density at radius 3 is 3.15 bits per heavy atom. The molecule has 0 amide bonds. The molecule has 0 radical (unpaired) electrons. The quantitative estimate of drug-likeness (QED) is 0.915. The maximum Gasteiger partial charge on any atom is 0.0945 e. The third kappa shape index (κ3) is 2.62. The van der Waals surface area contributed by atoms with Crippen molar-refractivity contribution in [3.8, 4) is 0 Å². The summed E-state index contributed by atoms with van der Waals surface area (Å²) in [6.45, 7) is 2.03. The minimum Gasteiger partial charge on any atom is -0.348 e. The Bertz CT molecular complexity index is 561. The number of H-pyrrole nitrogens is 1. The minimum atomic E-state index is 0.423. The van der Waals surface area contributed by atoms with Crippen LogP contribution in [-0.4, -0.2) is 43.0 Å². The van der Waals surface area contributed by atoms with E-state index in [1.807, 2.05) is 30.6 Å². The molecule has 0 saturated heterocycles. The molecule has 0 unspecified atom stereocenters. The number of imidazole rings is 2. The van der Waals surface area contributed by atoms with Gasteiger partial charge in [-0.05, 0) is 18.4 Å². The molecule has 0 saturated carbocycles. The molecule has 6 heteroatoms. The fourth-order valence-electron chi connectivity index (χ4n) is 2.89. The number of aromatic amines is 1. The molecule has 0 spiro atoms. The van der Waals surface area contributed by atoms with Crippen molar-refractivity contribution in [1.82, 2.24) is 24.4 Å². The number of hydrogen-bond acceptors (Lipinski definition) is 4. The molecule has 1 aliphatic rings. The lowest BCUT2D eigenvalue weighted by atomic mass is 10.0. The van der Waals surface area contributed by atoms with Gasteiger partial charge < -0.3 is 9.55 Å². The van der Waals surface area contributed by atoms with Crippen molar-refractivity contribution in [3.05, 3.63) is 35.9 Å². The zero-order valence-electron chi connectivity index (χ0n) is 12.0. The highest BCUT2D eigenvalue weighted by Gasteiger charge is 2.29. The summed E-state index contributed by atoms with van der Waals surface area (Å²) in [5, 5.41) is 0. The monoisotopic (exact) mass is 291 g/mol. The van der Waals surface area contributed by atoms with E-state index in [1.165, 1.54) is 22.8 Å². The van der Waals surface area contributed by atoms with Crippen LogP contribution in [0.5, 0.6) is 0 Å². The molecular weight excluding hydrogens is 270 g/mol. The molecular formula is C14H21N5S. The Balaban J connectivity index is 1.80. The largest absolute Gasteiger partial charge is 0.348 e. The van der Waals surface area contributed by atoms with Crippen LogP contribution in [0.3, 0.4) is 0 Å². The summed E-state index contributed by atoms with van der Waals surface area (Å²) in [6.07, 6.45) is 10.0. The van der Waals surface area contributed by atoms with Gasteiger partial charge in [0.15, 0.2) is 0 Å². The van der Waals surface area contributed by atoms with Gasteiger partial charge in [0.1, 0.15) is 0 Å². The highest BCUT2D eigenvalue weighted by Crippen LogP contribution is 2.31. The second kappa shape index (κ2) is 6.01. The molecule has 0 aromatic carbocycles. The number of aryl methyl sites for hydroxylation is 1. The first-order chi connectivity index (χ1) is 9.79. The number of thioether (sulfide) groups is 1. The van der Waals surface area contributed by atoms with Crippen LogP contribution in [0.2, 0.25) is 0 Å². The zero-order chi connectivity index (χ0) is 13.9. The second-order valence-electron chi connectivity index (χ2n) is 5.28. The van der Waals surface area contributed by atoms with Gasteiger partial charge >= 0.3 is 0 Å². The predicted octanol–water partition coefficient (Wildman–Crippen LogP) is 2.00. The molecule has 1 atom stereocenters. The van der Waals surface area contributed by atoms with Crippen LogP contribution in [0.15, 0.2) is 18.9 Å². The summed E-state index contributed by atoms with van der Waals surface area (Å²) >= 11 is 1.90. The maximum absolute atomic E-state index is 4.56. The van der Waals surface area contributed by atoms with Crippen molar-refractivity contribution in [2.24, 2.45) is 7.05 Å². The van der Waals surface area contributed by atoms with Gasteiger partial charge in [-0.1, -0.05) is 0 Å². The van der Waals surface area contributed by atoms with Gasteiger partial charge in [-0.15, -0.1) is 0 Å². The molecule has 3 heterocycles. The number of nitrogens with zero attached hydrogens (tertiary/aromatic N) is 4. The Kier molecular flexibility index (Phi) is 4.12. The van der Waals surface area contributed by atoms with Gasteiger partial charge in [-0.25, -0.2) is 9.97 Å². The lowest BCUT2D eigenvalue weighted by molar-refractivity contribution is 0.164. The van der Waals surface area contributed by atoms with E-state index in [-0.39, 0.29) is 0 Å². The maximum atomic E-state index is 4.56. The van der Waals surface area contributed by atoms with Crippen molar-refractivity contribution in [1.29, 1.82) is 0 Å². The van der Waals surface area contributed by atoms with Crippen LogP contribution in [0.25, 0.3) is 0 Å². The van der Waals surface area contributed by atoms with Crippen LogP contribution in [0.4, 0.5) is 0 Å². The molecule has 5 nitrogen and oxygen atoms in total. The van der Waals surface area contributed by atoms with Gasteiger partial charge in [0.2, 0.25) is 0 Å². The molecule has 3 rings (SSSR count). The van der Waals surface area contributed by atoms with E-state index in [1.54, 1.807) is 0 Å². The van der Waals surface area contributed by atoms with Crippen LogP contribution < -0.4 is 0 Å². The van der Waals surface area contributed by atoms with E-state index in [0.29, 0.717) is 6.04 Å². The smallest absolute Gasteiger partial charge is 0.0945 e. The number of rotatable bonds is 5. The first kappa shape index (κ1) is 13.7. The van der Waals surface area contributed by atoms with Crippen LogP contribution in [-0.2, 0) is 20.0 Å². The van der Waals surface area contributed by atoms with Crippen LogP contribution in [0, 0.1) is 0 Å². The van der Waals surface area contributed by atoms with Crippen molar-refractivity contribution in [2.45, 2.75) is 25.4 Å². The standard InChI is InChI=1S/C14H21N5S/c1-18-10-15-7-11(18)8-19-5-3-12-14(17-9-16-12)13(19)4-6-20-2/h7,9-10,13H,3-6,8H2,1-2H3,(H,16,17)/t13-/m1/s1. The first-order valence-electron chi connectivity index (χ1n) is 7.00. The Morgan fingerprint density at radius 2 is 2.40 bits per heavy atom. The average Bonchev–Trinajstić information content (AvgIpc) is 3.07. The van der Waals surface area contributed by atoms with E-state index in [4.69, 9.17) is 0 Å². The zero-order valence-corrected chi connectivity index (χ0v) is 12.9. The highest BCUT2D eigenvalue weighted by atomic mass is 32.2. The normalized spacial score (nSPS) is 19.2. The molecule has 20 heavy (non-hydrogen) atoms.